The molecule has 0 spiro atoms. The van der Waals surface area contributed by atoms with Crippen molar-refractivity contribution in [2.45, 2.75) is 17.8 Å². The molecule has 4 aromatic rings. The third kappa shape index (κ3) is 3.65. The Kier molecular flexibility index (Phi) is 4.55. The third-order valence-electron chi connectivity index (χ3n) is 4.04. The normalized spacial score (nSPS) is 11.0. The van der Waals surface area contributed by atoms with Crippen LogP contribution in [0.15, 0.2) is 65.8 Å². The summed E-state index contributed by atoms with van der Waals surface area (Å²) in [5.74, 6) is 0.755. The van der Waals surface area contributed by atoms with E-state index in [4.69, 9.17) is 0 Å². The van der Waals surface area contributed by atoms with Crippen molar-refractivity contribution >= 4 is 23.1 Å². The molecule has 134 valence electrons. The molecular formula is C19H15N5O2S. The molecule has 2 aromatic heterocycles. The number of nitro groups is 1. The molecule has 0 bridgehead atoms. The predicted molar refractivity (Wildman–Crippen MR) is 104 cm³/mol. The van der Waals surface area contributed by atoms with Gasteiger partial charge in [-0.25, -0.2) is 0 Å². The molecule has 2 heterocycles. The monoisotopic (exact) mass is 377 g/mol. The number of aryl methyl sites for hydroxylation is 1. The van der Waals surface area contributed by atoms with Gasteiger partial charge in [-0.2, -0.15) is 9.61 Å². The van der Waals surface area contributed by atoms with Crippen molar-refractivity contribution in [2.75, 3.05) is 0 Å². The van der Waals surface area contributed by atoms with Gasteiger partial charge in [-0.3, -0.25) is 10.1 Å². The van der Waals surface area contributed by atoms with Gasteiger partial charge in [0.1, 0.15) is 0 Å². The van der Waals surface area contributed by atoms with Crippen LogP contribution in [0.25, 0.3) is 16.9 Å². The second-order valence-electron chi connectivity index (χ2n) is 6.06. The molecule has 0 atom stereocenters. The molecule has 0 N–H and O–H groups in total. The van der Waals surface area contributed by atoms with Gasteiger partial charge in [0.25, 0.3) is 5.69 Å². The van der Waals surface area contributed by atoms with Crippen LogP contribution in [0.1, 0.15) is 11.1 Å². The average molecular weight is 377 g/mol. The van der Waals surface area contributed by atoms with Crippen LogP contribution in [0.2, 0.25) is 0 Å². The highest BCUT2D eigenvalue weighted by Crippen LogP contribution is 2.25. The van der Waals surface area contributed by atoms with Crippen molar-refractivity contribution in [1.82, 2.24) is 19.8 Å². The van der Waals surface area contributed by atoms with Gasteiger partial charge in [-0.05, 0) is 24.6 Å². The molecule has 27 heavy (non-hydrogen) atoms. The fraction of sp³-hybridized carbons (Fsp3) is 0.105. The lowest BCUT2D eigenvalue weighted by Crippen LogP contribution is -1.97. The summed E-state index contributed by atoms with van der Waals surface area (Å²) in [5.41, 5.74) is 4.39. The van der Waals surface area contributed by atoms with Crippen molar-refractivity contribution in [3.05, 3.63) is 81.9 Å². The minimum absolute atomic E-state index is 0.0344. The number of benzene rings is 2. The molecule has 0 aliphatic carbocycles. The molecule has 0 fully saturated rings. The maximum atomic E-state index is 11.0. The molecular weight excluding hydrogens is 362 g/mol. The van der Waals surface area contributed by atoms with E-state index in [-0.39, 0.29) is 5.69 Å². The van der Waals surface area contributed by atoms with Crippen LogP contribution >= 0.6 is 11.8 Å². The van der Waals surface area contributed by atoms with E-state index in [0.717, 1.165) is 5.75 Å². The van der Waals surface area contributed by atoms with Crippen LogP contribution in [0.5, 0.6) is 0 Å². The van der Waals surface area contributed by atoms with Crippen molar-refractivity contribution in [1.29, 1.82) is 0 Å². The highest BCUT2D eigenvalue weighted by atomic mass is 32.2. The Labute approximate surface area is 159 Å². The van der Waals surface area contributed by atoms with Gasteiger partial charge in [-0.15, -0.1) is 10.2 Å². The molecule has 0 radical (unpaired) electrons. The minimum Gasteiger partial charge on any atom is -0.258 e. The molecule has 0 unspecified atom stereocenters. The van der Waals surface area contributed by atoms with E-state index < -0.39 is 4.92 Å². The predicted octanol–water partition coefficient (Wildman–Crippen LogP) is 4.30. The smallest absolute Gasteiger partial charge is 0.258 e. The lowest BCUT2D eigenvalue weighted by Gasteiger charge is -2.04. The quantitative estimate of drug-likeness (QED) is 0.293. The highest BCUT2D eigenvalue weighted by Gasteiger charge is 2.12. The standard InChI is InChI=1S/C19H15N5O2S/c1-13-4-2-5-14(10-13)12-27-19-21-20-18-9-8-17(22-23(18)19)15-6-3-7-16(11-15)24(25)26/h2-11H,12H2,1H3. The summed E-state index contributed by atoms with van der Waals surface area (Å²) in [4.78, 5) is 10.6. The number of fused-ring (bicyclic) bond motifs is 1. The third-order valence-corrected chi connectivity index (χ3v) is 5.03. The minimum atomic E-state index is -0.413. The van der Waals surface area contributed by atoms with Crippen LogP contribution in [-0.2, 0) is 5.75 Å². The molecule has 7 nitrogen and oxygen atoms in total. The van der Waals surface area contributed by atoms with Crippen molar-refractivity contribution in [2.24, 2.45) is 0 Å². The molecule has 0 amide bonds. The van der Waals surface area contributed by atoms with Crippen LogP contribution in [0.3, 0.4) is 0 Å². The van der Waals surface area contributed by atoms with Crippen molar-refractivity contribution in [3.8, 4) is 11.3 Å². The van der Waals surface area contributed by atoms with E-state index in [1.807, 2.05) is 12.1 Å². The largest absolute Gasteiger partial charge is 0.270 e. The maximum Gasteiger partial charge on any atom is 0.270 e. The molecule has 4 rings (SSSR count). The van der Waals surface area contributed by atoms with E-state index >= 15 is 0 Å². The summed E-state index contributed by atoms with van der Waals surface area (Å²) in [6, 6.07) is 18.3. The fourth-order valence-electron chi connectivity index (χ4n) is 2.74. The summed E-state index contributed by atoms with van der Waals surface area (Å²) in [6.45, 7) is 2.06. The van der Waals surface area contributed by atoms with Gasteiger partial charge >= 0.3 is 0 Å². The summed E-state index contributed by atoms with van der Waals surface area (Å²) < 4.78 is 1.68. The van der Waals surface area contributed by atoms with Crippen LogP contribution < -0.4 is 0 Å². The van der Waals surface area contributed by atoms with Gasteiger partial charge in [0.05, 0.1) is 10.6 Å². The molecule has 0 saturated carbocycles. The number of aromatic nitrogens is 4. The maximum absolute atomic E-state index is 11.0. The number of rotatable bonds is 5. The average Bonchev–Trinajstić information content (AvgIpc) is 3.09. The van der Waals surface area contributed by atoms with Crippen LogP contribution in [0.4, 0.5) is 5.69 Å². The second-order valence-corrected chi connectivity index (χ2v) is 7.00. The van der Waals surface area contributed by atoms with Crippen molar-refractivity contribution in [3.63, 3.8) is 0 Å². The van der Waals surface area contributed by atoms with Gasteiger partial charge in [0.15, 0.2) is 5.65 Å². The molecule has 8 heteroatoms. The van der Waals surface area contributed by atoms with Crippen LogP contribution in [0, 0.1) is 17.0 Å². The first-order valence-corrected chi connectivity index (χ1v) is 9.24. The van der Waals surface area contributed by atoms with Crippen LogP contribution in [-0.4, -0.2) is 24.7 Å². The Morgan fingerprint density at radius 3 is 2.74 bits per heavy atom. The number of nitrogens with zero attached hydrogens (tertiary/aromatic N) is 5. The first kappa shape index (κ1) is 17.2. The number of hydrogen-bond donors (Lipinski definition) is 0. The Morgan fingerprint density at radius 2 is 1.93 bits per heavy atom. The lowest BCUT2D eigenvalue weighted by atomic mass is 10.1. The Morgan fingerprint density at radius 1 is 1.07 bits per heavy atom. The number of thioether (sulfide) groups is 1. The number of nitro benzene ring substituents is 1. The molecule has 2 aromatic carbocycles. The molecule has 0 aliphatic rings. The van der Waals surface area contributed by atoms with Gasteiger partial charge < -0.3 is 0 Å². The topological polar surface area (TPSA) is 86.2 Å². The van der Waals surface area contributed by atoms with Gasteiger partial charge in [0.2, 0.25) is 5.16 Å². The first-order valence-electron chi connectivity index (χ1n) is 8.26. The Hall–Kier alpha value is -3.26. The summed E-state index contributed by atoms with van der Waals surface area (Å²) >= 11 is 1.55. The number of non-ortho nitro benzene ring substituents is 1. The zero-order chi connectivity index (χ0) is 18.8. The summed E-state index contributed by atoms with van der Waals surface area (Å²) in [6.07, 6.45) is 0. The van der Waals surface area contributed by atoms with E-state index in [0.29, 0.717) is 22.1 Å². The highest BCUT2D eigenvalue weighted by molar-refractivity contribution is 7.98. The Balaban J connectivity index is 1.65. The Bertz CT molecular complexity index is 1140. The molecule has 0 aliphatic heterocycles. The van der Waals surface area contributed by atoms with E-state index in [1.165, 1.54) is 23.3 Å². The first-order chi connectivity index (χ1) is 13.1. The molecule has 0 saturated heterocycles. The summed E-state index contributed by atoms with van der Waals surface area (Å²) in [7, 11) is 0. The van der Waals surface area contributed by atoms with Crippen molar-refractivity contribution < 1.29 is 4.92 Å². The summed E-state index contributed by atoms with van der Waals surface area (Å²) in [5, 5.41) is 24.6. The zero-order valence-corrected chi connectivity index (χ0v) is 15.3. The SMILES string of the molecule is Cc1cccc(CSc2nnc3ccc(-c4cccc([N+](=O)[O-])c4)nn23)c1. The fourth-order valence-corrected chi connectivity index (χ4v) is 3.57. The second kappa shape index (κ2) is 7.16. The number of hydrogen-bond acceptors (Lipinski definition) is 6. The van der Waals surface area contributed by atoms with E-state index in [2.05, 4.69) is 40.4 Å². The van der Waals surface area contributed by atoms with E-state index in [1.54, 1.807) is 34.5 Å². The lowest BCUT2D eigenvalue weighted by molar-refractivity contribution is -0.384. The van der Waals surface area contributed by atoms with Gasteiger partial charge in [-0.1, -0.05) is 53.7 Å². The van der Waals surface area contributed by atoms with E-state index in [9.17, 15) is 10.1 Å². The zero-order valence-electron chi connectivity index (χ0n) is 14.4. The van der Waals surface area contributed by atoms with Gasteiger partial charge in [0, 0.05) is 23.4 Å².